The summed E-state index contributed by atoms with van der Waals surface area (Å²) in [6, 6.07) is 121. The molecule has 0 spiro atoms. The Labute approximate surface area is 631 Å². The van der Waals surface area contributed by atoms with E-state index in [9.17, 15) is 0 Å². The highest BCUT2D eigenvalue weighted by molar-refractivity contribution is 7.26. The number of thiophene rings is 1. The van der Waals surface area contributed by atoms with Crippen molar-refractivity contribution in [3.63, 3.8) is 0 Å². The van der Waals surface area contributed by atoms with Gasteiger partial charge < -0.3 is 14.1 Å². The van der Waals surface area contributed by atoms with Gasteiger partial charge in [0.25, 0.3) is 6.71 Å². The highest BCUT2D eigenvalue weighted by Gasteiger charge is 2.44. The third-order valence-electron chi connectivity index (χ3n) is 22.3. The Hall–Kier alpha value is -12.0. The minimum atomic E-state index is -0.295. The monoisotopic (exact) mass is 1390 g/mol. The van der Waals surface area contributed by atoms with Crippen LogP contribution in [0, 0.1) is 0 Å². The number of fused-ring (bicyclic) bond motifs is 10. The Balaban J connectivity index is 0.972. The minimum absolute atomic E-state index is 0.129. The van der Waals surface area contributed by atoms with E-state index in [1.54, 1.807) is 0 Å². The third-order valence-corrected chi connectivity index (χ3v) is 23.5. The topological polar surface area (TPSA) is 25.6 Å². The highest BCUT2D eigenvalue weighted by Crippen LogP contribution is 2.56. The molecule has 15 aromatic carbocycles. The minimum Gasteiger partial charge on any atom is -0.458 e. The predicted octanol–water partition coefficient (Wildman–Crippen LogP) is 27.3. The van der Waals surface area contributed by atoms with Crippen LogP contribution in [0.25, 0.3) is 142 Å². The van der Waals surface area contributed by atoms with E-state index >= 15 is 0 Å². The van der Waals surface area contributed by atoms with Crippen molar-refractivity contribution in [3.8, 4) is 112 Å². The maximum atomic E-state index is 7.82. The summed E-state index contributed by atoms with van der Waals surface area (Å²) in [6.45, 7) is 20.9. The van der Waals surface area contributed by atoms with Gasteiger partial charge >= 0.3 is 0 Å². The molecule has 107 heavy (non-hydrogen) atoms. The molecule has 2 aromatic heterocycles. The fraction of sp³-hybridized carbons (Fsp3) is 0.118. The Morgan fingerprint density at radius 1 is 0.280 bits per heavy atom. The number of ether oxygens (including phenoxy) is 1. The van der Waals surface area contributed by atoms with E-state index in [2.05, 4.69) is 389 Å². The number of nitrogens with zero attached hydrogens (tertiary/aromatic N) is 1. The molecule has 19 rings (SSSR count). The van der Waals surface area contributed by atoms with Crippen molar-refractivity contribution in [2.75, 3.05) is 4.90 Å². The van der Waals surface area contributed by atoms with Crippen LogP contribution in [0.15, 0.2) is 326 Å². The van der Waals surface area contributed by atoms with Gasteiger partial charge in [-0.05, 0) is 235 Å². The second kappa shape index (κ2) is 25.4. The average molecular weight is 1390 g/mol. The zero-order valence-electron chi connectivity index (χ0n) is 61.8. The van der Waals surface area contributed by atoms with Crippen molar-refractivity contribution in [2.24, 2.45) is 0 Å². The van der Waals surface area contributed by atoms with Crippen LogP contribution in [0.2, 0.25) is 0 Å². The number of rotatable bonds is 10. The lowest BCUT2D eigenvalue weighted by Gasteiger charge is -2.42. The second-order valence-corrected chi connectivity index (χ2v) is 33.5. The average Bonchev–Trinajstić information content (AvgIpc) is 0.761. The van der Waals surface area contributed by atoms with Crippen LogP contribution in [0.1, 0.15) is 79.0 Å². The lowest BCUT2D eigenvalue weighted by molar-refractivity contribution is 0.488. The first-order valence-corrected chi connectivity index (χ1v) is 38.3. The van der Waals surface area contributed by atoms with Gasteiger partial charge in [0.1, 0.15) is 22.7 Å². The number of anilines is 3. The van der Waals surface area contributed by atoms with E-state index in [1.165, 1.54) is 64.6 Å². The van der Waals surface area contributed by atoms with Crippen molar-refractivity contribution in [3.05, 3.63) is 338 Å². The molecule has 0 unspecified atom stereocenters. The zero-order valence-corrected chi connectivity index (χ0v) is 62.7. The van der Waals surface area contributed by atoms with E-state index in [0.717, 1.165) is 139 Å². The largest absolute Gasteiger partial charge is 0.458 e. The molecule has 0 atom stereocenters. The maximum Gasteiger partial charge on any atom is 0.256 e. The molecule has 0 saturated carbocycles. The Bertz CT molecular complexity index is 6120. The third kappa shape index (κ3) is 11.6. The molecule has 3 nitrogen and oxygen atoms in total. The molecule has 4 heterocycles. The first-order valence-electron chi connectivity index (χ1n) is 37.5. The molecule has 0 bridgehead atoms. The Morgan fingerprint density at radius 3 is 1.28 bits per heavy atom. The molecule has 5 heteroatoms. The summed E-state index contributed by atoms with van der Waals surface area (Å²) in [5.41, 5.74) is 32.0. The van der Waals surface area contributed by atoms with Gasteiger partial charge in [0.05, 0.1) is 5.69 Å². The number of furan rings is 1. The van der Waals surface area contributed by atoms with Gasteiger partial charge in [-0.3, -0.25) is 0 Å². The van der Waals surface area contributed by atoms with E-state index in [4.69, 9.17) is 9.15 Å². The second-order valence-electron chi connectivity index (χ2n) is 32.4. The number of benzene rings is 15. The molecule has 2 aliphatic rings. The van der Waals surface area contributed by atoms with Crippen LogP contribution in [-0.4, -0.2) is 6.71 Å². The highest BCUT2D eigenvalue weighted by atomic mass is 32.1. The summed E-state index contributed by atoms with van der Waals surface area (Å²) in [4.78, 5) is 2.70. The van der Waals surface area contributed by atoms with Gasteiger partial charge in [0, 0.05) is 53.4 Å². The summed E-state index contributed by atoms with van der Waals surface area (Å²) < 4.78 is 17.3. The molecular weight excluding hydrogens is 1310 g/mol. The van der Waals surface area contributed by atoms with Gasteiger partial charge in [-0.15, -0.1) is 11.3 Å². The summed E-state index contributed by atoms with van der Waals surface area (Å²) >= 11 is 1.87. The summed E-state index contributed by atoms with van der Waals surface area (Å²) in [6.07, 6.45) is 0. The van der Waals surface area contributed by atoms with Crippen LogP contribution in [-0.2, 0) is 16.2 Å². The maximum absolute atomic E-state index is 7.82. The van der Waals surface area contributed by atoms with E-state index < -0.39 is 0 Å². The van der Waals surface area contributed by atoms with Crippen LogP contribution in [0.5, 0.6) is 11.5 Å². The van der Waals surface area contributed by atoms with E-state index in [1.807, 2.05) is 11.3 Å². The summed E-state index contributed by atoms with van der Waals surface area (Å²) in [5.74, 6) is 1.66. The lowest BCUT2D eigenvalue weighted by Crippen LogP contribution is -2.59. The van der Waals surface area contributed by atoms with Gasteiger partial charge in [-0.25, -0.2) is 0 Å². The first kappa shape index (κ1) is 65.7. The quantitative estimate of drug-likeness (QED) is 0.128. The molecule has 0 radical (unpaired) electrons. The molecular formula is C102H80BNO2S. The first-order chi connectivity index (χ1) is 51.9. The van der Waals surface area contributed by atoms with Crippen molar-refractivity contribution < 1.29 is 9.15 Å². The number of para-hydroxylation sites is 1. The van der Waals surface area contributed by atoms with Crippen LogP contribution in [0.4, 0.5) is 17.1 Å². The number of hydrogen-bond donors (Lipinski definition) is 0. The molecule has 514 valence electrons. The molecule has 0 saturated heterocycles. The molecule has 0 N–H and O–H groups in total. The van der Waals surface area contributed by atoms with E-state index in [-0.39, 0.29) is 23.0 Å². The Morgan fingerprint density at radius 2 is 0.710 bits per heavy atom. The van der Waals surface area contributed by atoms with Gasteiger partial charge in [-0.2, -0.15) is 0 Å². The van der Waals surface area contributed by atoms with E-state index in [0.29, 0.717) is 0 Å². The van der Waals surface area contributed by atoms with Crippen LogP contribution >= 0.6 is 11.3 Å². The normalized spacial score (nSPS) is 12.8. The summed E-state index contributed by atoms with van der Waals surface area (Å²) in [5, 5.41) is 4.64. The number of hydrogen-bond acceptors (Lipinski definition) is 4. The summed E-state index contributed by atoms with van der Waals surface area (Å²) in [7, 11) is 0. The van der Waals surface area contributed by atoms with Crippen LogP contribution < -0.4 is 26.0 Å². The van der Waals surface area contributed by atoms with Crippen LogP contribution in [0.3, 0.4) is 0 Å². The lowest BCUT2D eigenvalue weighted by atomic mass is 9.34. The SMILES string of the molecule is CC(C)(C)c1cc(-c2ccc3c(c2)N(c2c(-c4cccc5oc6ccccc6c45)cc(C(C)(C)C)cc2-c2cccc4sc5ccccc5c24)c2cc(-c4cc(-c5ccccc5)cc(-c5ccccc5)c4)cc4c2B3c2cc(-c3cc(-c5ccccc5)cc(-c5ccccc5)c3)ccc2O4)cc(C(C)(C)C)c1. The van der Waals surface area contributed by atoms with Crippen molar-refractivity contribution in [1.29, 1.82) is 0 Å². The van der Waals surface area contributed by atoms with Gasteiger partial charge in [0.2, 0.25) is 0 Å². The fourth-order valence-electron chi connectivity index (χ4n) is 16.7. The molecule has 0 amide bonds. The predicted molar refractivity (Wildman–Crippen MR) is 457 cm³/mol. The molecule has 0 aliphatic carbocycles. The van der Waals surface area contributed by atoms with Crippen molar-refractivity contribution >= 4 is 93.6 Å². The standard InChI is InChI=1S/C102H80BNO2S/c1-100(2,3)77-54-75(55-78(60-77)101(4,5)6)68-44-46-86-88(57-68)104(99-84(80-38-26-41-92-96(80)82-36-22-24-40-90(82)105-92)61-79(102(7,8)9)62-85(99)81-39-27-43-95-97(81)83-37-23-25-42-94(83)107-95)89-58-76(74-52-71(65-32-18-12-19-33-65)49-72(53-74)66-34-20-13-21-35-66)59-93-98(89)103(86)87-56-67(45-47-91(87)106-93)73-50-69(63-28-14-10-15-29-63)48-70(51-73)64-30-16-11-17-31-64/h10-62H,1-9H3. The fourth-order valence-corrected chi connectivity index (χ4v) is 17.8. The Kier molecular flexibility index (Phi) is 15.6. The van der Waals surface area contributed by atoms with Crippen molar-refractivity contribution in [1.82, 2.24) is 0 Å². The van der Waals surface area contributed by atoms with Gasteiger partial charge in [0.15, 0.2) is 0 Å². The van der Waals surface area contributed by atoms with Crippen molar-refractivity contribution in [2.45, 2.75) is 78.6 Å². The molecule has 0 fully saturated rings. The smallest absolute Gasteiger partial charge is 0.256 e. The molecule has 17 aromatic rings. The zero-order chi connectivity index (χ0) is 72.6. The van der Waals surface area contributed by atoms with Gasteiger partial charge in [-0.1, -0.05) is 287 Å². The molecule has 2 aliphatic heterocycles.